The summed E-state index contributed by atoms with van der Waals surface area (Å²) >= 11 is 0. The highest BCUT2D eigenvalue weighted by molar-refractivity contribution is 7.90. The maximum absolute atomic E-state index is 11.2. The lowest BCUT2D eigenvalue weighted by atomic mass is 9.95. The van der Waals surface area contributed by atoms with E-state index in [2.05, 4.69) is 43.4 Å². The van der Waals surface area contributed by atoms with Crippen molar-refractivity contribution >= 4 is 9.84 Å². The first kappa shape index (κ1) is 16.2. The summed E-state index contributed by atoms with van der Waals surface area (Å²) in [7, 11) is -2.86. The molecular weight excluding hydrogens is 258 g/mol. The lowest BCUT2D eigenvalue weighted by molar-refractivity contribution is 0.504. The van der Waals surface area contributed by atoms with Crippen molar-refractivity contribution in [3.05, 3.63) is 35.4 Å². The fourth-order valence-electron chi connectivity index (χ4n) is 2.36. The van der Waals surface area contributed by atoms with Crippen molar-refractivity contribution in [2.75, 3.05) is 18.6 Å². The number of aryl methyl sites for hydroxylation is 1. The Labute approximate surface area is 117 Å². The molecule has 0 amide bonds. The van der Waals surface area contributed by atoms with Crippen LogP contribution in [0.5, 0.6) is 0 Å². The van der Waals surface area contributed by atoms with E-state index < -0.39 is 9.84 Å². The Bertz CT molecular complexity index is 483. The zero-order chi connectivity index (χ0) is 14.3. The van der Waals surface area contributed by atoms with Gasteiger partial charge in [0, 0.05) is 18.1 Å². The molecule has 1 rings (SSSR count). The summed E-state index contributed by atoms with van der Waals surface area (Å²) in [5, 5.41) is 3.47. The maximum atomic E-state index is 11.2. The first-order valence-corrected chi connectivity index (χ1v) is 9.03. The Kier molecular flexibility index (Phi) is 6.52. The number of sulfone groups is 1. The van der Waals surface area contributed by atoms with Crippen molar-refractivity contribution in [1.82, 2.24) is 5.32 Å². The normalized spacial score (nSPS) is 13.4. The molecule has 0 spiro atoms. The van der Waals surface area contributed by atoms with Crippen LogP contribution in [0.3, 0.4) is 0 Å². The van der Waals surface area contributed by atoms with E-state index >= 15 is 0 Å². The van der Waals surface area contributed by atoms with E-state index in [1.54, 1.807) is 0 Å². The number of nitrogens with one attached hydrogen (secondary N) is 1. The van der Waals surface area contributed by atoms with Crippen LogP contribution in [0.2, 0.25) is 0 Å². The average Bonchev–Trinajstić information content (AvgIpc) is 2.36. The van der Waals surface area contributed by atoms with Crippen molar-refractivity contribution in [2.45, 2.75) is 39.2 Å². The molecular formula is C15H25NO2S. The first-order valence-electron chi connectivity index (χ1n) is 6.96. The zero-order valence-electron chi connectivity index (χ0n) is 12.1. The van der Waals surface area contributed by atoms with Gasteiger partial charge in [0.05, 0.1) is 0 Å². The highest BCUT2D eigenvalue weighted by atomic mass is 32.2. The molecule has 0 heterocycles. The minimum Gasteiger partial charge on any atom is -0.310 e. The van der Waals surface area contributed by atoms with E-state index in [9.17, 15) is 8.42 Å². The molecule has 4 heteroatoms. The van der Waals surface area contributed by atoms with Crippen molar-refractivity contribution in [3.8, 4) is 0 Å². The van der Waals surface area contributed by atoms with Crippen molar-refractivity contribution in [1.29, 1.82) is 0 Å². The van der Waals surface area contributed by atoms with Crippen LogP contribution in [0.1, 0.15) is 43.9 Å². The predicted octanol–water partition coefficient (Wildman–Crippen LogP) is 2.72. The molecule has 0 aliphatic rings. The van der Waals surface area contributed by atoms with Crippen LogP contribution in [0, 0.1) is 0 Å². The van der Waals surface area contributed by atoms with Gasteiger partial charge < -0.3 is 5.32 Å². The van der Waals surface area contributed by atoms with Crippen molar-refractivity contribution in [2.24, 2.45) is 0 Å². The van der Waals surface area contributed by atoms with Crippen LogP contribution in [0.15, 0.2) is 24.3 Å². The maximum Gasteiger partial charge on any atom is 0.147 e. The fourth-order valence-corrected chi connectivity index (χ4v) is 3.05. The van der Waals surface area contributed by atoms with Crippen molar-refractivity contribution in [3.63, 3.8) is 0 Å². The number of hydrogen-bond acceptors (Lipinski definition) is 3. The summed E-state index contributed by atoms with van der Waals surface area (Å²) in [6, 6.07) is 8.66. The van der Waals surface area contributed by atoms with Gasteiger partial charge in [-0.1, -0.05) is 38.1 Å². The van der Waals surface area contributed by atoms with Crippen LogP contribution in [0.25, 0.3) is 0 Å². The third-order valence-corrected chi connectivity index (χ3v) is 4.30. The molecule has 0 fully saturated rings. The van der Waals surface area contributed by atoms with E-state index in [4.69, 9.17) is 0 Å². The molecule has 0 bridgehead atoms. The number of benzene rings is 1. The molecule has 1 N–H and O–H groups in total. The van der Waals surface area contributed by atoms with Gasteiger partial charge in [-0.15, -0.1) is 0 Å². The summed E-state index contributed by atoms with van der Waals surface area (Å²) < 4.78 is 22.4. The van der Waals surface area contributed by atoms with E-state index in [-0.39, 0.29) is 11.8 Å². The second kappa shape index (κ2) is 7.65. The van der Waals surface area contributed by atoms with Gasteiger partial charge in [0.1, 0.15) is 9.84 Å². The fraction of sp³-hybridized carbons (Fsp3) is 0.600. The molecule has 19 heavy (non-hydrogen) atoms. The molecule has 0 aliphatic heterocycles. The van der Waals surface area contributed by atoms with Crippen molar-refractivity contribution < 1.29 is 8.42 Å². The molecule has 0 saturated heterocycles. The van der Waals surface area contributed by atoms with Gasteiger partial charge in [0.15, 0.2) is 0 Å². The van der Waals surface area contributed by atoms with Gasteiger partial charge in [0.2, 0.25) is 0 Å². The zero-order valence-corrected chi connectivity index (χ0v) is 13.0. The molecule has 0 aliphatic carbocycles. The minimum absolute atomic E-state index is 0.253. The summed E-state index contributed by atoms with van der Waals surface area (Å²) in [4.78, 5) is 0. The SMILES string of the molecule is CCNC(CCCS(C)(=O)=O)c1ccccc1CC. The van der Waals surface area contributed by atoms with Crippen LogP contribution in [-0.4, -0.2) is 27.0 Å². The standard InChI is InChI=1S/C15H25NO2S/c1-4-13-9-6-7-10-14(13)15(16-5-2)11-8-12-19(3,17)18/h6-7,9-10,15-16H,4-5,8,11-12H2,1-3H3. The molecule has 1 aromatic rings. The highest BCUT2D eigenvalue weighted by Crippen LogP contribution is 2.23. The topological polar surface area (TPSA) is 46.2 Å². The summed E-state index contributed by atoms with van der Waals surface area (Å²) in [5.41, 5.74) is 2.65. The molecule has 1 atom stereocenters. The number of hydrogen-bond donors (Lipinski definition) is 1. The summed E-state index contributed by atoms with van der Waals surface area (Å²) in [6.45, 7) is 5.12. The minimum atomic E-state index is -2.86. The van der Waals surface area contributed by atoms with E-state index in [1.165, 1.54) is 17.4 Å². The van der Waals surface area contributed by atoms with Crippen LogP contribution < -0.4 is 5.32 Å². The Morgan fingerprint density at radius 3 is 2.47 bits per heavy atom. The molecule has 3 nitrogen and oxygen atoms in total. The van der Waals surface area contributed by atoms with E-state index in [0.29, 0.717) is 6.42 Å². The Morgan fingerprint density at radius 2 is 1.89 bits per heavy atom. The third kappa shape index (κ3) is 5.74. The summed E-state index contributed by atoms with van der Waals surface area (Å²) in [5.74, 6) is 0.267. The lowest BCUT2D eigenvalue weighted by Crippen LogP contribution is -2.22. The molecule has 108 valence electrons. The summed E-state index contributed by atoms with van der Waals surface area (Å²) in [6.07, 6.45) is 3.87. The lowest BCUT2D eigenvalue weighted by Gasteiger charge is -2.21. The monoisotopic (exact) mass is 283 g/mol. The average molecular weight is 283 g/mol. The number of rotatable bonds is 8. The van der Waals surface area contributed by atoms with Crippen LogP contribution in [0.4, 0.5) is 0 Å². The highest BCUT2D eigenvalue weighted by Gasteiger charge is 2.14. The van der Waals surface area contributed by atoms with Gasteiger partial charge in [-0.25, -0.2) is 8.42 Å². The molecule has 0 radical (unpaired) electrons. The Hall–Kier alpha value is -0.870. The molecule has 1 unspecified atom stereocenters. The van der Waals surface area contributed by atoms with Gasteiger partial charge >= 0.3 is 0 Å². The van der Waals surface area contributed by atoms with Gasteiger partial charge in [-0.05, 0) is 36.9 Å². The third-order valence-electron chi connectivity index (χ3n) is 3.27. The van der Waals surface area contributed by atoms with Crippen LogP contribution >= 0.6 is 0 Å². The molecule has 1 aromatic carbocycles. The molecule has 0 aromatic heterocycles. The van der Waals surface area contributed by atoms with Gasteiger partial charge in [-0.3, -0.25) is 0 Å². The smallest absolute Gasteiger partial charge is 0.147 e. The quantitative estimate of drug-likeness (QED) is 0.798. The Balaban J connectivity index is 2.76. The Morgan fingerprint density at radius 1 is 1.21 bits per heavy atom. The largest absolute Gasteiger partial charge is 0.310 e. The predicted molar refractivity (Wildman–Crippen MR) is 81.2 cm³/mol. The van der Waals surface area contributed by atoms with E-state index in [0.717, 1.165) is 19.4 Å². The van der Waals surface area contributed by atoms with E-state index in [1.807, 2.05) is 0 Å². The van der Waals surface area contributed by atoms with Gasteiger partial charge in [-0.2, -0.15) is 0 Å². The van der Waals surface area contributed by atoms with Crippen LogP contribution in [-0.2, 0) is 16.3 Å². The second-order valence-electron chi connectivity index (χ2n) is 4.93. The first-order chi connectivity index (χ1) is 8.98. The van der Waals surface area contributed by atoms with Gasteiger partial charge in [0.25, 0.3) is 0 Å². The molecule has 0 saturated carbocycles. The second-order valence-corrected chi connectivity index (χ2v) is 7.19.